The van der Waals surface area contributed by atoms with E-state index in [1.807, 2.05) is 33.1 Å². The zero-order chi connectivity index (χ0) is 14.0. The molecular formula is C14H27N3O. The minimum Gasteiger partial charge on any atom is -0.332 e. The van der Waals surface area contributed by atoms with E-state index in [-0.39, 0.29) is 5.91 Å². The van der Waals surface area contributed by atoms with E-state index in [9.17, 15) is 4.79 Å². The summed E-state index contributed by atoms with van der Waals surface area (Å²) in [5.41, 5.74) is 0. The third-order valence-corrected chi connectivity index (χ3v) is 2.59. The van der Waals surface area contributed by atoms with Gasteiger partial charge >= 0.3 is 0 Å². The van der Waals surface area contributed by atoms with E-state index in [4.69, 9.17) is 0 Å². The zero-order valence-corrected chi connectivity index (χ0v) is 12.5. The first-order valence-electron chi connectivity index (χ1n) is 6.48. The molecule has 0 bridgehead atoms. The van der Waals surface area contributed by atoms with E-state index >= 15 is 0 Å². The molecule has 0 atom stereocenters. The van der Waals surface area contributed by atoms with Crippen LogP contribution in [0.4, 0.5) is 0 Å². The Bertz CT molecular complexity index is 275. The summed E-state index contributed by atoms with van der Waals surface area (Å²) in [6.45, 7) is 5.28. The van der Waals surface area contributed by atoms with Gasteiger partial charge < -0.3 is 14.7 Å². The topological polar surface area (TPSA) is 26.8 Å². The fourth-order valence-electron chi connectivity index (χ4n) is 1.66. The first-order valence-corrected chi connectivity index (χ1v) is 6.48. The van der Waals surface area contributed by atoms with Crippen LogP contribution in [0.25, 0.3) is 0 Å². The minimum atomic E-state index is -0.0463. The van der Waals surface area contributed by atoms with Crippen LogP contribution in [0, 0.1) is 11.8 Å². The van der Waals surface area contributed by atoms with Crippen molar-refractivity contribution >= 4 is 5.91 Å². The number of rotatable bonds is 8. The van der Waals surface area contributed by atoms with E-state index in [0.717, 1.165) is 39.0 Å². The van der Waals surface area contributed by atoms with Crippen molar-refractivity contribution in [2.45, 2.75) is 19.8 Å². The van der Waals surface area contributed by atoms with Crippen LogP contribution in [0.2, 0.25) is 0 Å². The second-order valence-electron chi connectivity index (χ2n) is 4.98. The van der Waals surface area contributed by atoms with Gasteiger partial charge in [0, 0.05) is 13.1 Å². The monoisotopic (exact) mass is 253 g/mol. The van der Waals surface area contributed by atoms with Crippen LogP contribution < -0.4 is 0 Å². The number of carbonyl (C=O) groups excluding carboxylic acids is 1. The van der Waals surface area contributed by atoms with Crippen LogP contribution >= 0.6 is 0 Å². The third-order valence-electron chi connectivity index (χ3n) is 2.59. The van der Waals surface area contributed by atoms with Gasteiger partial charge in [0.15, 0.2) is 0 Å². The summed E-state index contributed by atoms with van der Waals surface area (Å²) in [5, 5.41) is 0. The van der Waals surface area contributed by atoms with Crippen LogP contribution in [0.1, 0.15) is 19.8 Å². The van der Waals surface area contributed by atoms with Crippen molar-refractivity contribution in [3.05, 3.63) is 0 Å². The van der Waals surface area contributed by atoms with Gasteiger partial charge in [-0.15, -0.1) is 0 Å². The van der Waals surface area contributed by atoms with Gasteiger partial charge in [-0.1, -0.05) is 5.92 Å². The number of amides is 1. The predicted octanol–water partition coefficient (Wildman–Crippen LogP) is 0.742. The maximum Gasteiger partial charge on any atom is 0.298 e. The highest BCUT2D eigenvalue weighted by Gasteiger charge is 2.10. The Hall–Kier alpha value is -1.05. The summed E-state index contributed by atoms with van der Waals surface area (Å²) in [6, 6.07) is 0. The Morgan fingerprint density at radius 2 is 1.33 bits per heavy atom. The molecule has 0 saturated carbocycles. The van der Waals surface area contributed by atoms with E-state index in [1.165, 1.54) is 0 Å². The summed E-state index contributed by atoms with van der Waals surface area (Å²) >= 11 is 0. The molecule has 0 heterocycles. The molecule has 1 amide bonds. The lowest BCUT2D eigenvalue weighted by molar-refractivity contribution is -0.125. The largest absolute Gasteiger partial charge is 0.332 e. The molecule has 0 aromatic rings. The number of nitrogens with zero attached hydrogens (tertiary/aromatic N) is 3. The van der Waals surface area contributed by atoms with Crippen molar-refractivity contribution in [2.75, 3.05) is 54.4 Å². The van der Waals surface area contributed by atoms with Gasteiger partial charge in [0.2, 0.25) is 0 Å². The van der Waals surface area contributed by atoms with Crippen LogP contribution in [-0.2, 0) is 4.79 Å². The molecule has 4 heteroatoms. The summed E-state index contributed by atoms with van der Waals surface area (Å²) in [5.74, 6) is 5.27. The van der Waals surface area contributed by atoms with Gasteiger partial charge in [0.1, 0.15) is 0 Å². The number of carbonyl (C=O) groups is 1. The molecule has 0 unspecified atom stereocenters. The Morgan fingerprint density at radius 1 is 0.889 bits per heavy atom. The second kappa shape index (κ2) is 9.93. The number of hydrogen-bond acceptors (Lipinski definition) is 3. The molecule has 0 aromatic carbocycles. The lowest BCUT2D eigenvalue weighted by Gasteiger charge is -2.22. The summed E-state index contributed by atoms with van der Waals surface area (Å²) in [4.78, 5) is 18.0. The third kappa shape index (κ3) is 9.03. The highest BCUT2D eigenvalue weighted by atomic mass is 16.2. The first-order chi connectivity index (χ1) is 8.47. The molecule has 0 saturated heterocycles. The van der Waals surface area contributed by atoms with Crippen LogP contribution in [-0.4, -0.2) is 75.0 Å². The molecule has 0 aliphatic heterocycles. The lowest BCUT2D eigenvalue weighted by Crippen LogP contribution is -2.34. The van der Waals surface area contributed by atoms with E-state index in [0.29, 0.717) is 0 Å². The molecule has 104 valence electrons. The Morgan fingerprint density at radius 3 is 1.67 bits per heavy atom. The maximum absolute atomic E-state index is 11.8. The van der Waals surface area contributed by atoms with Gasteiger partial charge in [-0.25, -0.2) is 0 Å². The van der Waals surface area contributed by atoms with Gasteiger partial charge in [-0.3, -0.25) is 4.79 Å². The normalized spacial score (nSPS) is 10.4. The average molecular weight is 253 g/mol. The average Bonchev–Trinajstić information content (AvgIpc) is 2.26. The fraction of sp³-hybridized carbons (Fsp3) is 0.786. The minimum absolute atomic E-state index is 0.0463. The fourth-order valence-corrected chi connectivity index (χ4v) is 1.66. The number of hydrogen-bond donors (Lipinski definition) is 0. The van der Waals surface area contributed by atoms with Crippen molar-refractivity contribution in [1.29, 1.82) is 0 Å². The molecule has 4 nitrogen and oxygen atoms in total. The molecule has 0 aliphatic carbocycles. The highest BCUT2D eigenvalue weighted by Crippen LogP contribution is 1.97. The standard InChI is InChI=1S/C14H27N3O/c1-6-9-14(18)17(12-7-10-15(2)3)13-8-11-16(4)5/h7-8,10-13H2,1-5H3. The van der Waals surface area contributed by atoms with Crippen molar-refractivity contribution in [1.82, 2.24) is 14.7 Å². The molecule has 0 aliphatic rings. The SMILES string of the molecule is CC#CC(=O)N(CCCN(C)C)CCCN(C)C. The summed E-state index contributed by atoms with van der Waals surface area (Å²) in [6.07, 6.45) is 1.98. The smallest absolute Gasteiger partial charge is 0.298 e. The highest BCUT2D eigenvalue weighted by molar-refractivity contribution is 5.93. The van der Waals surface area contributed by atoms with E-state index in [2.05, 4.69) is 21.6 Å². The van der Waals surface area contributed by atoms with Gasteiger partial charge in [0.05, 0.1) is 0 Å². The van der Waals surface area contributed by atoms with E-state index in [1.54, 1.807) is 6.92 Å². The van der Waals surface area contributed by atoms with Crippen molar-refractivity contribution in [3.8, 4) is 11.8 Å². The van der Waals surface area contributed by atoms with Crippen molar-refractivity contribution in [2.24, 2.45) is 0 Å². The first kappa shape index (κ1) is 16.9. The molecule has 0 radical (unpaired) electrons. The van der Waals surface area contributed by atoms with Gasteiger partial charge in [0.25, 0.3) is 5.91 Å². The van der Waals surface area contributed by atoms with E-state index < -0.39 is 0 Å². The lowest BCUT2D eigenvalue weighted by atomic mass is 10.3. The molecule has 0 rings (SSSR count). The Kier molecular flexibility index (Phi) is 9.35. The summed E-state index contributed by atoms with van der Waals surface area (Å²) < 4.78 is 0. The predicted molar refractivity (Wildman–Crippen MR) is 76.4 cm³/mol. The maximum atomic E-state index is 11.8. The second-order valence-corrected chi connectivity index (χ2v) is 4.98. The quantitative estimate of drug-likeness (QED) is 0.597. The molecule has 0 fully saturated rings. The Labute approximate surface area is 112 Å². The molecule has 0 aromatic heterocycles. The molecular weight excluding hydrogens is 226 g/mol. The molecule has 0 N–H and O–H groups in total. The molecule has 18 heavy (non-hydrogen) atoms. The van der Waals surface area contributed by atoms with Crippen LogP contribution in [0.3, 0.4) is 0 Å². The van der Waals surface area contributed by atoms with Gasteiger partial charge in [-0.2, -0.15) is 0 Å². The van der Waals surface area contributed by atoms with Crippen LogP contribution in [0.5, 0.6) is 0 Å². The Balaban J connectivity index is 4.15. The molecule has 0 spiro atoms. The van der Waals surface area contributed by atoms with Gasteiger partial charge in [-0.05, 0) is 67.0 Å². The van der Waals surface area contributed by atoms with Crippen molar-refractivity contribution in [3.63, 3.8) is 0 Å². The van der Waals surface area contributed by atoms with Crippen molar-refractivity contribution < 1.29 is 4.79 Å². The zero-order valence-electron chi connectivity index (χ0n) is 12.5. The summed E-state index contributed by atoms with van der Waals surface area (Å²) in [7, 11) is 8.18. The van der Waals surface area contributed by atoms with Crippen LogP contribution in [0.15, 0.2) is 0 Å².